The van der Waals surface area contributed by atoms with Gasteiger partial charge in [0.05, 0.1) is 5.56 Å². The van der Waals surface area contributed by atoms with E-state index in [1.807, 2.05) is 0 Å². The predicted octanol–water partition coefficient (Wildman–Crippen LogP) is 2.51. The van der Waals surface area contributed by atoms with E-state index in [4.69, 9.17) is 11.6 Å². The maximum absolute atomic E-state index is 11.5. The van der Waals surface area contributed by atoms with E-state index < -0.39 is 5.97 Å². The standard InChI is InChI=1S/C9H8ClFO2/c10-6-5-7-1-3-8(4-2-7)9(12)13-11/h1-4H,5-6H2. The molecule has 0 aliphatic carbocycles. The molecule has 13 heavy (non-hydrogen) atoms. The molecule has 0 aromatic heterocycles. The lowest BCUT2D eigenvalue weighted by Gasteiger charge is -1.98. The fourth-order valence-electron chi connectivity index (χ4n) is 0.961. The largest absolute Gasteiger partial charge is 0.379 e. The first kappa shape index (κ1) is 9.99. The molecule has 0 radical (unpaired) electrons. The minimum atomic E-state index is -0.975. The summed E-state index contributed by atoms with van der Waals surface area (Å²) in [5, 5.41) is 0. The van der Waals surface area contributed by atoms with Crippen LogP contribution in [0.5, 0.6) is 0 Å². The normalized spacial score (nSPS) is 9.69. The molecule has 0 spiro atoms. The Balaban J connectivity index is 2.75. The molecule has 0 aliphatic rings. The van der Waals surface area contributed by atoms with Crippen LogP contribution in [0.3, 0.4) is 0 Å². The molecule has 0 saturated heterocycles. The number of benzene rings is 1. The maximum Gasteiger partial charge on any atom is 0.379 e. The van der Waals surface area contributed by atoms with Gasteiger partial charge in [-0.1, -0.05) is 12.1 Å². The second-order valence-corrected chi connectivity index (χ2v) is 2.88. The lowest BCUT2D eigenvalue weighted by molar-refractivity contribution is -0.0788. The van der Waals surface area contributed by atoms with Crippen LogP contribution in [0.2, 0.25) is 0 Å². The van der Waals surface area contributed by atoms with Crippen molar-refractivity contribution in [3.63, 3.8) is 0 Å². The van der Waals surface area contributed by atoms with E-state index in [2.05, 4.69) is 4.94 Å². The summed E-state index contributed by atoms with van der Waals surface area (Å²) in [7, 11) is 0. The molecule has 0 atom stereocenters. The zero-order valence-corrected chi connectivity index (χ0v) is 7.55. The van der Waals surface area contributed by atoms with Crippen LogP contribution in [0, 0.1) is 0 Å². The number of hydrogen-bond acceptors (Lipinski definition) is 2. The van der Waals surface area contributed by atoms with E-state index in [1.54, 1.807) is 12.1 Å². The first-order valence-electron chi connectivity index (χ1n) is 3.75. The van der Waals surface area contributed by atoms with Gasteiger partial charge in [0.15, 0.2) is 0 Å². The molecule has 0 amide bonds. The van der Waals surface area contributed by atoms with Gasteiger partial charge in [0, 0.05) is 10.4 Å². The van der Waals surface area contributed by atoms with Crippen LogP contribution >= 0.6 is 11.6 Å². The summed E-state index contributed by atoms with van der Waals surface area (Å²) in [6, 6.07) is 6.44. The van der Waals surface area contributed by atoms with Crippen LogP contribution in [0.15, 0.2) is 24.3 Å². The quantitative estimate of drug-likeness (QED) is 0.704. The third kappa shape index (κ3) is 2.70. The lowest BCUT2D eigenvalue weighted by Crippen LogP contribution is -1.98. The molecular weight excluding hydrogens is 195 g/mol. The summed E-state index contributed by atoms with van der Waals surface area (Å²) < 4.78 is 11.5. The monoisotopic (exact) mass is 202 g/mol. The van der Waals surface area contributed by atoms with E-state index in [1.165, 1.54) is 12.1 Å². The zero-order valence-electron chi connectivity index (χ0n) is 6.80. The van der Waals surface area contributed by atoms with Crippen LogP contribution < -0.4 is 0 Å². The van der Waals surface area contributed by atoms with Crippen molar-refractivity contribution in [2.75, 3.05) is 5.88 Å². The van der Waals surface area contributed by atoms with Crippen molar-refractivity contribution < 1.29 is 14.3 Å². The molecule has 70 valence electrons. The van der Waals surface area contributed by atoms with Crippen LogP contribution in [0.25, 0.3) is 0 Å². The fraction of sp³-hybridized carbons (Fsp3) is 0.222. The molecule has 0 heterocycles. The molecule has 0 N–H and O–H groups in total. The summed E-state index contributed by atoms with van der Waals surface area (Å²) in [6.45, 7) is 0. The van der Waals surface area contributed by atoms with Crippen LogP contribution in [-0.2, 0) is 11.4 Å². The molecule has 4 heteroatoms. The van der Waals surface area contributed by atoms with Crippen LogP contribution in [0.4, 0.5) is 4.53 Å². The Kier molecular flexibility index (Phi) is 3.71. The van der Waals surface area contributed by atoms with Gasteiger partial charge in [0.25, 0.3) is 0 Å². The van der Waals surface area contributed by atoms with Gasteiger partial charge in [-0.25, -0.2) is 9.74 Å². The number of alkyl halides is 1. The Morgan fingerprint density at radius 3 is 2.46 bits per heavy atom. The Labute approximate surface area is 80.2 Å². The average molecular weight is 203 g/mol. The number of aryl methyl sites for hydroxylation is 1. The molecule has 1 rings (SSSR count). The van der Waals surface area contributed by atoms with Gasteiger partial charge in [-0.3, -0.25) is 0 Å². The van der Waals surface area contributed by atoms with E-state index in [0.29, 0.717) is 5.88 Å². The Morgan fingerprint density at radius 2 is 2.00 bits per heavy atom. The highest BCUT2D eigenvalue weighted by Gasteiger charge is 2.06. The van der Waals surface area contributed by atoms with Crippen molar-refractivity contribution in [3.8, 4) is 0 Å². The van der Waals surface area contributed by atoms with E-state index in [9.17, 15) is 9.32 Å². The van der Waals surface area contributed by atoms with Gasteiger partial charge >= 0.3 is 5.97 Å². The van der Waals surface area contributed by atoms with Crippen LogP contribution in [0.1, 0.15) is 15.9 Å². The fourth-order valence-corrected chi connectivity index (χ4v) is 1.18. The topological polar surface area (TPSA) is 26.3 Å². The second-order valence-electron chi connectivity index (χ2n) is 2.50. The van der Waals surface area contributed by atoms with Gasteiger partial charge in [-0.05, 0) is 24.1 Å². The number of halogens is 2. The van der Waals surface area contributed by atoms with Crippen molar-refractivity contribution in [2.24, 2.45) is 0 Å². The van der Waals surface area contributed by atoms with Crippen LogP contribution in [-0.4, -0.2) is 11.8 Å². The summed E-state index contributed by atoms with van der Waals surface area (Å²) >= 11 is 5.51. The molecule has 1 aromatic rings. The summed E-state index contributed by atoms with van der Waals surface area (Å²) in [5.74, 6) is -0.454. The van der Waals surface area contributed by atoms with E-state index in [-0.39, 0.29) is 5.56 Å². The minimum Gasteiger partial charge on any atom is -0.249 e. The molecular formula is C9H8ClFO2. The SMILES string of the molecule is O=C(OF)c1ccc(CCCl)cc1. The number of carbonyl (C=O) groups is 1. The van der Waals surface area contributed by atoms with Crippen molar-refractivity contribution in [1.82, 2.24) is 0 Å². The first-order chi connectivity index (χ1) is 6.27. The highest BCUT2D eigenvalue weighted by molar-refractivity contribution is 6.17. The molecule has 0 aliphatic heterocycles. The molecule has 1 aromatic carbocycles. The van der Waals surface area contributed by atoms with Crippen molar-refractivity contribution >= 4 is 17.6 Å². The molecule has 0 saturated carbocycles. The highest BCUT2D eigenvalue weighted by Crippen LogP contribution is 2.07. The lowest BCUT2D eigenvalue weighted by atomic mass is 10.1. The van der Waals surface area contributed by atoms with Gasteiger partial charge in [0.2, 0.25) is 0 Å². The molecule has 0 bridgehead atoms. The zero-order chi connectivity index (χ0) is 9.68. The van der Waals surface area contributed by atoms with Gasteiger partial charge in [0.1, 0.15) is 0 Å². The van der Waals surface area contributed by atoms with E-state index >= 15 is 0 Å². The summed E-state index contributed by atoms with van der Waals surface area (Å²) in [5.41, 5.74) is 1.20. The maximum atomic E-state index is 11.5. The molecule has 0 unspecified atom stereocenters. The Hall–Kier alpha value is -1.09. The predicted molar refractivity (Wildman–Crippen MR) is 47.4 cm³/mol. The average Bonchev–Trinajstić information content (AvgIpc) is 2.18. The minimum absolute atomic E-state index is 0.195. The van der Waals surface area contributed by atoms with Crippen molar-refractivity contribution in [2.45, 2.75) is 6.42 Å². The third-order valence-corrected chi connectivity index (χ3v) is 1.83. The van der Waals surface area contributed by atoms with Crippen molar-refractivity contribution in [1.29, 1.82) is 0 Å². The first-order valence-corrected chi connectivity index (χ1v) is 4.29. The van der Waals surface area contributed by atoms with E-state index in [0.717, 1.165) is 12.0 Å². The Morgan fingerprint density at radius 1 is 1.38 bits per heavy atom. The van der Waals surface area contributed by atoms with Gasteiger partial charge < -0.3 is 0 Å². The summed E-state index contributed by atoms with van der Waals surface area (Å²) in [4.78, 5) is 13.7. The number of rotatable bonds is 3. The smallest absolute Gasteiger partial charge is 0.249 e. The molecule has 2 nitrogen and oxygen atoms in total. The van der Waals surface area contributed by atoms with Crippen molar-refractivity contribution in [3.05, 3.63) is 35.4 Å². The number of carbonyl (C=O) groups excluding carboxylic acids is 1. The Bertz CT molecular complexity index is 284. The summed E-state index contributed by atoms with van der Waals surface area (Å²) in [6.07, 6.45) is 0.729. The third-order valence-electron chi connectivity index (χ3n) is 1.64. The van der Waals surface area contributed by atoms with Gasteiger partial charge in [-0.2, -0.15) is 0 Å². The van der Waals surface area contributed by atoms with Gasteiger partial charge in [-0.15, -0.1) is 11.6 Å². The highest BCUT2D eigenvalue weighted by atomic mass is 35.5. The second kappa shape index (κ2) is 4.82. The number of hydrogen-bond donors (Lipinski definition) is 0. The molecule has 0 fully saturated rings.